The Bertz CT molecular complexity index is 691. The maximum absolute atomic E-state index is 12.0. The van der Waals surface area contributed by atoms with Crippen LogP contribution in [0.2, 0.25) is 18.1 Å². The summed E-state index contributed by atoms with van der Waals surface area (Å²) in [5.41, 5.74) is -1.08. The summed E-state index contributed by atoms with van der Waals surface area (Å²) in [5, 5.41) is 10.7. The summed E-state index contributed by atoms with van der Waals surface area (Å²) >= 11 is 0. The van der Waals surface area contributed by atoms with Crippen LogP contribution in [0.1, 0.15) is 40.3 Å². The Hall–Kier alpha value is -1.22. The summed E-state index contributed by atoms with van der Waals surface area (Å²) in [6.07, 6.45) is -0.652. The average Bonchev–Trinajstić information content (AvgIpc) is 2.74. The molecule has 0 aliphatic carbocycles. The second kappa shape index (κ2) is 6.59. The lowest BCUT2D eigenvalue weighted by molar-refractivity contribution is -0.0404. The van der Waals surface area contributed by atoms with Gasteiger partial charge in [0.2, 0.25) is 0 Å². The van der Waals surface area contributed by atoms with Crippen LogP contribution in [0.3, 0.4) is 0 Å². The first-order valence-electron chi connectivity index (χ1n) is 8.31. The molecule has 2 N–H and O–H groups in total. The van der Waals surface area contributed by atoms with Crippen LogP contribution < -0.4 is 11.2 Å². The molecule has 1 aliphatic rings. The molecule has 0 amide bonds. The van der Waals surface area contributed by atoms with Crippen LogP contribution >= 0.6 is 0 Å². The van der Waals surface area contributed by atoms with Gasteiger partial charge in [0, 0.05) is 12.3 Å². The van der Waals surface area contributed by atoms with Gasteiger partial charge in [0.1, 0.15) is 12.2 Å². The van der Waals surface area contributed by atoms with Gasteiger partial charge in [0.25, 0.3) is 5.56 Å². The third kappa shape index (κ3) is 3.56. The summed E-state index contributed by atoms with van der Waals surface area (Å²) in [7, 11) is -2.11. The minimum atomic E-state index is -2.11. The highest BCUT2D eigenvalue weighted by Gasteiger charge is 2.49. The molecule has 0 aromatic carbocycles. The molecule has 0 radical (unpaired) electrons. The molecule has 0 bridgehead atoms. The normalized spacial score (nSPS) is 28.3. The van der Waals surface area contributed by atoms with Crippen molar-refractivity contribution in [1.29, 1.82) is 0 Å². The van der Waals surface area contributed by atoms with E-state index in [9.17, 15) is 14.7 Å². The minimum Gasteiger partial charge on any atom is -0.408 e. The second-order valence-electron chi connectivity index (χ2n) is 7.82. The third-order valence-corrected chi connectivity index (χ3v) is 9.55. The number of nitrogens with zero attached hydrogens (tertiary/aromatic N) is 1. The lowest BCUT2D eigenvalue weighted by Crippen LogP contribution is -2.49. The van der Waals surface area contributed by atoms with E-state index in [1.165, 1.54) is 16.8 Å². The summed E-state index contributed by atoms with van der Waals surface area (Å²) in [6, 6.07) is 1.24. The predicted octanol–water partition coefficient (Wildman–Crippen LogP) is 1.60. The van der Waals surface area contributed by atoms with Gasteiger partial charge in [-0.1, -0.05) is 27.7 Å². The maximum Gasteiger partial charge on any atom is 0.330 e. The number of hydrogen-bond acceptors (Lipinski definition) is 5. The van der Waals surface area contributed by atoms with Crippen LogP contribution in [0.25, 0.3) is 0 Å². The Kier molecular flexibility index (Phi) is 5.24. The van der Waals surface area contributed by atoms with Gasteiger partial charge in [-0.15, -0.1) is 0 Å². The van der Waals surface area contributed by atoms with Gasteiger partial charge in [-0.3, -0.25) is 14.3 Å². The van der Waals surface area contributed by atoms with Crippen LogP contribution in [-0.2, 0) is 9.16 Å². The molecule has 136 valence electrons. The molecule has 8 heteroatoms. The molecule has 24 heavy (non-hydrogen) atoms. The number of rotatable bonds is 4. The van der Waals surface area contributed by atoms with Crippen molar-refractivity contribution in [3.8, 4) is 0 Å². The zero-order valence-corrected chi connectivity index (χ0v) is 16.2. The fourth-order valence-electron chi connectivity index (χ4n) is 2.57. The van der Waals surface area contributed by atoms with E-state index in [1.54, 1.807) is 0 Å². The zero-order valence-electron chi connectivity index (χ0n) is 15.2. The first kappa shape index (κ1) is 19.1. The molecular formula is C16H28N2O5Si. The first-order valence-corrected chi connectivity index (χ1v) is 11.2. The molecule has 7 nitrogen and oxygen atoms in total. The molecule has 1 saturated heterocycles. The van der Waals surface area contributed by atoms with Gasteiger partial charge < -0.3 is 14.3 Å². The van der Waals surface area contributed by atoms with Gasteiger partial charge in [-0.2, -0.15) is 0 Å². The lowest BCUT2D eigenvalue weighted by Gasteiger charge is -2.40. The van der Waals surface area contributed by atoms with E-state index >= 15 is 0 Å². The number of aliphatic hydroxyl groups excluding tert-OH is 1. The lowest BCUT2D eigenvalue weighted by atomic mass is 10.1. The topological polar surface area (TPSA) is 93.6 Å². The van der Waals surface area contributed by atoms with Gasteiger partial charge in [0.05, 0.1) is 6.10 Å². The number of aromatic nitrogens is 2. The molecule has 0 spiro atoms. The average molecular weight is 356 g/mol. The highest BCUT2D eigenvalue weighted by atomic mass is 28.4. The van der Waals surface area contributed by atoms with E-state index in [-0.39, 0.29) is 11.1 Å². The van der Waals surface area contributed by atoms with Crippen molar-refractivity contribution in [1.82, 2.24) is 9.55 Å². The van der Waals surface area contributed by atoms with Crippen LogP contribution in [0.5, 0.6) is 0 Å². The number of aromatic amines is 1. The Morgan fingerprint density at radius 3 is 2.50 bits per heavy atom. The number of hydrogen-bond donors (Lipinski definition) is 2. The fourth-order valence-corrected chi connectivity index (χ4v) is 3.89. The molecule has 1 unspecified atom stereocenters. The quantitative estimate of drug-likeness (QED) is 0.799. The summed E-state index contributed by atoms with van der Waals surface area (Å²) in [4.78, 5) is 25.4. The van der Waals surface area contributed by atoms with Crippen molar-refractivity contribution in [3.05, 3.63) is 33.1 Å². The molecule has 1 aliphatic heterocycles. The van der Waals surface area contributed by atoms with E-state index in [0.29, 0.717) is 6.42 Å². The molecule has 1 fully saturated rings. The molecular weight excluding hydrogens is 328 g/mol. The van der Waals surface area contributed by atoms with Crippen LogP contribution in [0.4, 0.5) is 0 Å². The van der Waals surface area contributed by atoms with Crippen molar-refractivity contribution in [2.24, 2.45) is 0 Å². The van der Waals surface area contributed by atoms with Crippen LogP contribution in [0, 0.1) is 0 Å². The molecule has 2 heterocycles. The second-order valence-corrected chi connectivity index (χ2v) is 12.6. The standard InChI is InChI=1S/C16H28N2O5Si/c1-7-10-13(23-24(5,6)16(2,3)4)12(20)14(22-10)18-9-8-11(19)17-15(18)21/h8-10,12-14,20H,7H2,1-6H3,(H,17,19,21)/t10-,12+,13?,14-/m1/s1. The van der Waals surface area contributed by atoms with E-state index in [2.05, 4.69) is 38.8 Å². The van der Waals surface area contributed by atoms with Gasteiger partial charge in [-0.25, -0.2) is 4.79 Å². The Morgan fingerprint density at radius 2 is 2.00 bits per heavy atom. The van der Waals surface area contributed by atoms with Gasteiger partial charge in [-0.05, 0) is 24.6 Å². The SMILES string of the molecule is CC[C@H]1O[C@@H](n2ccc(=O)[nH]c2=O)[C@@H](O)C1O[Si](C)(C)C(C)(C)C. The zero-order chi connectivity index (χ0) is 18.3. The van der Waals surface area contributed by atoms with Crippen molar-refractivity contribution in [2.75, 3.05) is 0 Å². The molecule has 0 saturated carbocycles. The van der Waals surface area contributed by atoms with Gasteiger partial charge >= 0.3 is 5.69 Å². The van der Waals surface area contributed by atoms with E-state index in [1.807, 2.05) is 6.92 Å². The van der Waals surface area contributed by atoms with Crippen molar-refractivity contribution >= 4 is 8.32 Å². The summed E-state index contributed by atoms with van der Waals surface area (Å²) < 4.78 is 13.5. The predicted molar refractivity (Wildman–Crippen MR) is 93.6 cm³/mol. The molecule has 1 aromatic rings. The summed E-state index contributed by atoms with van der Waals surface area (Å²) in [5.74, 6) is 0. The Labute approximate surface area is 142 Å². The molecule has 2 rings (SSSR count). The number of aliphatic hydroxyl groups is 1. The van der Waals surface area contributed by atoms with Crippen molar-refractivity contribution in [3.63, 3.8) is 0 Å². The third-order valence-electron chi connectivity index (χ3n) is 5.07. The molecule has 4 atom stereocenters. The van der Waals surface area contributed by atoms with Crippen molar-refractivity contribution < 1.29 is 14.3 Å². The highest BCUT2D eigenvalue weighted by Crippen LogP contribution is 2.41. The maximum atomic E-state index is 12.0. The van der Waals surface area contributed by atoms with E-state index in [0.717, 1.165) is 0 Å². The monoisotopic (exact) mass is 356 g/mol. The number of H-pyrrole nitrogens is 1. The largest absolute Gasteiger partial charge is 0.408 e. The van der Waals surface area contributed by atoms with E-state index < -0.39 is 38.0 Å². The molecule has 1 aromatic heterocycles. The van der Waals surface area contributed by atoms with Gasteiger partial charge in [0.15, 0.2) is 14.5 Å². The fraction of sp³-hybridized carbons (Fsp3) is 0.750. The van der Waals surface area contributed by atoms with E-state index in [4.69, 9.17) is 9.16 Å². The number of nitrogens with one attached hydrogen (secondary N) is 1. The minimum absolute atomic E-state index is 0.00206. The Morgan fingerprint density at radius 1 is 1.38 bits per heavy atom. The highest BCUT2D eigenvalue weighted by molar-refractivity contribution is 6.74. The van der Waals surface area contributed by atoms with Crippen molar-refractivity contribution in [2.45, 2.75) is 76.8 Å². The Balaban J connectivity index is 2.31. The first-order chi connectivity index (χ1) is 11.0. The smallest absolute Gasteiger partial charge is 0.330 e. The summed E-state index contributed by atoms with van der Waals surface area (Å²) in [6.45, 7) is 12.6. The van der Waals surface area contributed by atoms with Crippen LogP contribution in [0.15, 0.2) is 21.9 Å². The van der Waals surface area contributed by atoms with Crippen LogP contribution in [-0.4, -0.2) is 41.3 Å². The number of ether oxygens (including phenoxy) is 1.